The minimum absolute atomic E-state index is 0.114. The summed E-state index contributed by atoms with van der Waals surface area (Å²) in [6.45, 7) is -1.21. The zero-order valence-electron chi connectivity index (χ0n) is 15.0. The smallest absolute Gasteiger partial charge is 0.387 e. The fraction of sp³-hybridized carbons (Fsp3) is 0.250. The van der Waals surface area contributed by atoms with Crippen LogP contribution in [0.1, 0.15) is 0 Å². The van der Waals surface area contributed by atoms with E-state index in [1.165, 1.54) is 12.1 Å². The Morgan fingerprint density at radius 2 is 1.57 bits per heavy atom. The van der Waals surface area contributed by atoms with Gasteiger partial charge in [0.1, 0.15) is 5.75 Å². The van der Waals surface area contributed by atoms with Gasteiger partial charge in [-0.25, -0.2) is 4.68 Å². The normalized spacial score (nSPS) is 15.2. The molecule has 28 heavy (non-hydrogen) atoms. The Bertz CT molecular complexity index is 948. The van der Waals surface area contributed by atoms with Crippen LogP contribution in [-0.4, -0.2) is 45.2 Å². The molecule has 0 saturated carbocycles. The summed E-state index contributed by atoms with van der Waals surface area (Å²) in [5.41, 5.74) is 3.88. The van der Waals surface area contributed by atoms with Crippen LogP contribution in [-0.2, 0) is 10.8 Å². The van der Waals surface area contributed by atoms with E-state index in [2.05, 4.69) is 26.9 Å². The minimum atomic E-state index is -2.84. The molecule has 8 heteroatoms. The first-order valence-electron chi connectivity index (χ1n) is 8.89. The van der Waals surface area contributed by atoms with E-state index in [4.69, 9.17) is 0 Å². The maximum atomic E-state index is 12.2. The largest absolute Gasteiger partial charge is 0.435 e. The van der Waals surface area contributed by atoms with Crippen molar-refractivity contribution in [1.82, 2.24) is 9.78 Å². The number of nitrogens with zero attached hydrogens (tertiary/aromatic N) is 3. The van der Waals surface area contributed by atoms with Gasteiger partial charge in [0.25, 0.3) is 0 Å². The molecule has 1 aromatic heterocycles. The van der Waals surface area contributed by atoms with Crippen molar-refractivity contribution in [2.75, 3.05) is 29.5 Å². The Balaban J connectivity index is 1.47. The molecule has 3 aromatic rings. The van der Waals surface area contributed by atoms with Gasteiger partial charge in [-0.3, -0.25) is 4.21 Å². The second-order valence-electron chi connectivity index (χ2n) is 6.43. The van der Waals surface area contributed by atoms with Gasteiger partial charge in [0, 0.05) is 52.8 Å². The zero-order chi connectivity index (χ0) is 19.5. The van der Waals surface area contributed by atoms with Gasteiger partial charge in [-0.15, -0.1) is 0 Å². The van der Waals surface area contributed by atoms with Crippen molar-refractivity contribution in [3.63, 3.8) is 0 Å². The summed E-state index contributed by atoms with van der Waals surface area (Å²) < 4.78 is 42.0. The zero-order valence-corrected chi connectivity index (χ0v) is 15.8. The molecule has 1 aliphatic heterocycles. The number of anilines is 1. The predicted octanol–water partition coefficient (Wildman–Crippen LogP) is 3.71. The van der Waals surface area contributed by atoms with Gasteiger partial charge in [-0.05, 0) is 42.0 Å². The summed E-state index contributed by atoms with van der Waals surface area (Å²) in [6, 6.07) is 14.6. The van der Waals surface area contributed by atoms with Crippen molar-refractivity contribution < 1.29 is 17.7 Å². The molecular formula is C20H19F2N3O2S. The number of hydrogen-bond donors (Lipinski definition) is 0. The lowest BCUT2D eigenvalue weighted by atomic mass is 10.1. The molecule has 0 unspecified atom stereocenters. The van der Waals surface area contributed by atoms with E-state index in [0.717, 1.165) is 47.1 Å². The van der Waals surface area contributed by atoms with Crippen LogP contribution in [0, 0.1) is 0 Å². The van der Waals surface area contributed by atoms with Crippen molar-refractivity contribution in [2.24, 2.45) is 0 Å². The Kier molecular flexibility index (Phi) is 5.38. The van der Waals surface area contributed by atoms with Crippen LogP contribution < -0.4 is 9.64 Å². The van der Waals surface area contributed by atoms with Gasteiger partial charge < -0.3 is 9.64 Å². The van der Waals surface area contributed by atoms with Crippen LogP contribution in [0.3, 0.4) is 0 Å². The van der Waals surface area contributed by atoms with Crippen molar-refractivity contribution in [2.45, 2.75) is 6.61 Å². The molecule has 0 amide bonds. The Morgan fingerprint density at radius 1 is 0.929 bits per heavy atom. The highest BCUT2D eigenvalue weighted by Gasteiger charge is 2.15. The van der Waals surface area contributed by atoms with Crippen LogP contribution in [0.2, 0.25) is 0 Å². The second kappa shape index (κ2) is 8.10. The summed E-state index contributed by atoms with van der Waals surface area (Å²) in [7, 11) is -0.687. The van der Waals surface area contributed by atoms with Gasteiger partial charge in [0.2, 0.25) is 0 Å². The predicted molar refractivity (Wildman–Crippen MR) is 106 cm³/mol. The summed E-state index contributed by atoms with van der Waals surface area (Å²) in [4.78, 5) is 2.25. The number of alkyl halides is 2. The average Bonchev–Trinajstić information content (AvgIpc) is 3.19. The lowest BCUT2D eigenvalue weighted by Gasteiger charge is -2.28. The molecule has 146 valence electrons. The first-order chi connectivity index (χ1) is 13.6. The topological polar surface area (TPSA) is 47.4 Å². The molecule has 0 spiro atoms. The Morgan fingerprint density at radius 3 is 2.21 bits per heavy atom. The molecule has 0 atom stereocenters. The van der Waals surface area contributed by atoms with E-state index in [1.807, 2.05) is 18.3 Å². The van der Waals surface area contributed by atoms with Gasteiger partial charge in [0.15, 0.2) is 0 Å². The maximum Gasteiger partial charge on any atom is 0.387 e. The fourth-order valence-electron chi connectivity index (χ4n) is 3.15. The lowest BCUT2D eigenvalue weighted by molar-refractivity contribution is -0.0498. The first-order valence-corrected chi connectivity index (χ1v) is 10.4. The van der Waals surface area contributed by atoms with E-state index in [1.54, 1.807) is 23.0 Å². The molecule has 4 rings (SSSR count). The van der Waals surface area contributed by atoms with Crippen LogP contribution >= 0.6 is 0 Å². The van der Waals surface area contributed by atoms with Crippen molar-refractivity contribution in [1.29, 1.82) is 0 Å². The van der Waals surface area contributed by atoms with Crippen LogP contribution in [0.4, 0.5) is 14.5 Å². The Hall–Kier alpha value is -2.74. The van der Waals surface area contributed by atoms with Crippen LogP contribution in [0.15, 0.2) is 60.9 Å². The molecule has 0 N–H and O–H groups in total. The number of benzene rings is 2. The summed E-state index contributed by atoms with van der Waals surface area (Å²) in [6.07, 6.45) is 3.66. The molecule has 0 aliphatic carbocycles. The molecule has 1 saturated heterocycles. The summed E-state index contributed by atoms with van der Waals surface area (Å²) >= 11 is 0. The van der Waals surface area contributed by atoms with E-state index < -0.39 is 17.4 Å². The van der Waals surface area contributed by atoms with Crippen molar-refractivity contribution >= 4 is 16.5 Å². The number of rotatable bonds is 5. The molecule has 2 aromatic carbocycles. The maximum absolute atomic E-state index is 12.2. The molecule has 0 radical (unpaired) electrons. The number of ether oxygens (including phenoxy) is 1. The summed E-state index contributed by atoms with van der Waals surface area (Å²) in [5.74, 6) is 1.55. The number of hydrogen-bond acceptors (Lipinski definition) is 4. The van der Waals surface area contributed by atoms with Gasteiger partial charge >= 0.3 is 6.61 Å². The van der Waals surface area contributed by atoms with E-state index in [9.17, 15) is 13.0 Å². The van der Waals surface area contributed by atoms with E-state index >= 15 is 0 Å². The molecule has 5 nitrogen and oxygen atoms in total. The quantitative estimate of drug-likeness (QED) is 0.652. The molecular weight excluding hydrogens is 384 g/mol. The van der Waals surface area contributed by atoms with Crippen LogP contribution in [0.25, 0.3) is 16.8 Å². The first kappa shape index (κ1) is 18.6. The SMILES string of the molecule is O=S1CCN(c2ccc(-c3cnn(-c4ccc(OC(F)F)cc4)c3)cc2)CC1. The van der Waals surface area contributed by atoms with Gasteiger partial charge in [-0.2, -0.15) is 13.9 Å². The van der Waals surface area contributed by atoms with Crippen LogP contribution in [0.5, 0.6) is 5.75 Å². The van der Waals surface area contributed by atoms with Gasteiger partial charge in [0.05, 0.1) is 11.9 Å². The van der Waals surface area contributed by atoms with E-state index in [0.29, 0.717) is 0 Å². The lowest BCUT2D eigenvalue weighted by Crippen LogP contribution is -2.37. The molecule has 1 aliphatic rings. The minimum Gasteiger partial charge on any atom is -0.435 e. The van der Waals surface area contributed by atoms with E-state index in [-0.39, 0.29) is 5.75 Å². The fourth-order valence-corrected chi connectivity index (χ4v) is 4.21. The summed E-state index contributed by atoms with van der Waals surface area (Å²) in [5, 5.41) is 4.36. The Labute approximate surface area is 164 Å². The standard InChI is InChI=1S/C20H19F2N3O2S/c21-20(22)27-19-7-5-18(6-8-19)25-14-16(13-23-25)15-1-3-17(4-2-15)24-9-11-28(26)12-10-24/h1-8,13-14,20H,9-12H2. The van der Waals surface area contributed by atoms with Crippen molar-refractivity contribution in [3.8, 4) is 22.6 Å². The average molecular weight is 403 g/mol. The third kappa shape index (κ3) is 4.22. The van der Waals surface area contributed by atoms with Crippen molar-refractivity contribution in [3.05, 3.63) is 60.9 Å². The highest BCUT2D eigenvalue weighted by atomic mass is 32.2. The molecule has 2 heterocycles. The third-order valence-corrected chi connectivity index (χ3v) is 5.93. The number of halogens is 2. The van der Waals surface area contributed by atoms with Gasteiger partial charge in [-0.1, -0.05) is 12.1 Å². The highest BCUT2D eigenvalue weighted by molar-refractivity contribution is 7.85. The number of aromatic nitrogens is 2. The highest BCUT2D eigenvalue weighted by Crippen LogP contribution is 2.25. The molecule has 0 bridgehead atoms. The second-order valence-corrected chi connectivity index (χ2v) is 8.12. The molecule has 1 fully saturated rings. The monoisotopic (exact) mass is 403 g/mol. The third-order valence-electron chi connectivity index (χ3n) is 4.65.